The highest BCUT2D eigenvalue weighted by Crippen LogP contribution is 2.43. The number of ether oxygens (including phenoxy) is 1. The molecular formula is C33H36ClN7O. The largest absolute Gasteiger partial charge is 0.481 e. The van der Waals surface area contributed by atoms with E-state index in [0.717, 1.165) is 58.2 Å². The van der Waals surface area contributed by atoms with Gasteiger partial charge in [0, 0.05) is 41.6 Å². The van der Waals surface area contributed by atoms with Crippen LogP contribution < -0.4 is 26.3 Å². The maximum atomic E-state index is 6.88. The Hall–Kier alpha value is -4.19. The molecule has 9 heteroatoms. The SMILES string of the molecule is C#Cc1cnc2c(Cl)cc(N[C@H](C3=CN(C4(C)CC4)NN3)c3cccc4c(OC)nccc34)cc2c1NCC(C)(C)C. The molecule has 0 amide bonds. The maximum Gasteiger partial charge on any atom is 0.221 e. The summed E-state index contributed by atoms with van der Waals surface area (Å²) in [6.07, 6.45) is 13.8. The summed E-state index contributed by atoms with van der Waals surface area (Å²) in [6, 6.07) is 11.9. The summed E-state index contributed by atoms with van der Waals surface area (Å²) >= 11 is 6.88. The van der Waals surface area contributed by atoms with Gasteiger partial charge in [-0.05, 0) is 60.4 Å². The predicted octanol–water partition coefficient (Wildman–Crippen LogP) is 6.76. The van der Waals surface area contributed by atoms with E-state index in [-0.39, 0.29) is 17.0 Å². The van der Waals surface area contributed by atoms with E-state index in [1.54, 1.807) is 19.5 Å². The number of aromatic nitrogens is 2. The molecule has 2 aromatic heterocycles. The molecule has 1 fully saturated rings. The fourth-order valence-corrected chi connectivity index (χ4v) is 5.56. The minimum Gasteiger partial charge on any atom is -0.481 e. The molecule has 0 saturated heterocycles. The highest BCUT2D eigenvalue weighted by atomic mass is 35.5. The summed E-state index contributed by atoms with van der Waals surface area (Å²) in [5.41, 5.74) is 12.1. The van der Waals surface area contributed by atoms with Gasteiger partial charge in [-0.25, -0.2) is 4.98 Å². The van der Waals surface area contributed by atoms with Gasteiger partial charge in [0.25, 0.3) is 0 Å². The molecule has 1 saturated carbocycles. The second-order valence-electron chi connectivity index (χ2n) is 12.5. The van der Waals surface area contributed by atoms with Crippen LogP contribution in [0.3, 0.4) is 0 Å². The fraction of sp³-hybridized carbons (Fsp3) is 0.333. The van der Waals surface area contributed by atoms with E-state index < -0.39 is 0 Å². The number of hydrogen-bond donors (Lipinski definition) is 4. The Morgan fingerprint density at radius 3 is 2.69 bits per heavy atom. The molecule has 1 atom stereocenters. The highest BCUT2D eigenvalue weighted by molar-refractivity contribution is 6.35. The van der Waals surface area contributed by atoms with Crippen molar-refractivity contribution in [3.63, 3.8) is 0 Å². The smallest absolute Gasteiger partial charge is 0.221 e. The van der Waals surface area contributed by atoms with Gasteiger partial charge < -0.3 is 20.8 Å². The van der Waals surface area contributed by atoms with E-state index >= 15 is 0 Å². The first-order chi connectivity index (χ1) is 20.1. The molecule has 2 aliphatic rings. The molecule has 1 aliphatic heterocycles. The normalized spacial score (nSPS) is 16.5. The fourth-order valence-electron chi connectivity index (χ4n) is 5.29. The molecule has 42 heavy (non-hydrogen) atoms. The summed E-state index contributed by atoms with van der Waals surface area (Å²) in [5.74, 6) is 3.38. The van der Waals surface area contributed by atoms with E-state index in [1.807, 2.05) is 24.3 Å². The van der Waals surface area contributed by atoms with Crippen molar-refractivity contribution < 1.29 is 4.74 Å². The third-order valence-electron chi connectivity index (χ3n) is 7.95. The topological polar surface area (TPSA) is 86.4 Å². The van der Waals surface area contributed by atoms with Gasteiger partial charge >= 0.3 is 0 Å². The van der Waals surface area contributed by atoms with Crippen molar-refractivity contribution in [3.8, 4) is 18.2 Å². The number of terminal acetylenes is 1. The second kappa shape index (κ2) is 10.6. The summed E-state index contributed by atoms with van der Waals surface area (Å²) in [7, 11) is 1.64. The predicted molar refractivity (Wildman–Crippen MR) is 171 cm³/mol. The molecule has 0 unspecified atom stereocenters. The molecular weight excluding hydrogens is 546 g/mol. The van der Waals surface area contributed by atoms with Crippen molar-refractivity contribution in [3.05, 3.63) is 76.8 Å². The zero-order chi connectivity index (χ0) is 29.6. The number of rotatable bonds is 8. The van der Waals surface area contributed by atoms with Gasteiger partial charge in [-0.15, -0.1) is 12.0 Å². The Kier molecular flexibility index (Phi) is 7.04. The molecule has 4 N–H and O–H groups in total. The number of nitrogens with zero attached hydrogens (tertiary/aromatic N) is 3. The lowest BCUT2D eigenvalue weighted by Gasteiger charge is -2.24. The van der Waals surface area contributed by atoms with Crippen LogP contribution in [0.1, 0.15) is 57.7 Å². The Labute approximate surface area is 251 Å². The van der Waals surface area contributed by atoms with E-state index in [2.05, 4.69) is 88.5 Å². The first-order valence-electron chi connectivity index (χ1n) is 14.1. The van der Waals surface area contributed by atoms with Crippen molar-refractivity contribution in [2.45, 2.75) is 52.1 Å². The lowest BCUT2D eigenvalue weighted by molar-refractivity contribution is 0.190. The average Bonchev–Trinajstić information content (AvgIpc) is 3.52. The summed E-state index contributed by atoms with van der Waals surface area (Å²) in [4.78, 5) is 9.04. The van der Waals surface area contributed by atoms with Gasteiger partial charge in [0.05, 0.1) is 46.2 Å². The van der Waals surface area contributed by atoms with Gasteiger partial charge in [0.2, 0.25) is 5.88 Å². The summed E-state index contributed by atoms with van der Waals surface area (Å²) in [6.45, 7) is 9.53. The van der Waals surface area contributed by atoms with Crippen molar-refractivity contribution in [2.24, 2.45) is 5.41 Å². The van der Waals surface area contributed by atoms with E-state index in [0.29, 0.717) is 22.0 Å². The highest BCUT2D eigenvalue weighted by Gasteiger charge is 2.44. The van der Waals surface area contributed by atoms with Crippen LogP contribution in [0.25, 0.3) is 21.7 Å². The van der Waals surface area contributed by atoms with Crippen LogP contribution in [0.2, 0.25) is 5.02 Å². The minimum absolute atomic E-state index is 0.0498. The van der Waals surface area contributed by atoms with Crippen LogP contribution in [0.5, 0.6) is 5.88 Å². The Balaban J connectivity index is 1.48. The lowest BCUT2D eigenvalue weighted by atomic mass is 9.96. The van der Waals surface area contributed by atoms with Crippen LogP contribution in [0.4, 0.5) is 11.4 Å². The summed E-state index contributed by atoms with van der Waals surface area (Å²) in [5, 5.41) is 12.9. The van der Waals surface area contributed by atoms with Crippen LogP contribution in [-0.4, -0.2) is 34.2 Å². The van der Waals surface area contributed by atoms with Crippen LogP contribution in [-0.2, 0) is 0 Å². The molecule has 0 bridgehead atoms. The molecule has 6 rings (SSSR count). The van der Waals surface area contributed by atoms with Crippen LogP contribution in [0.15, 0.2) is 60.7 Å². The standard InChI is InChI=1S/C33H36ClN7O/c1-7-20-17-36-29-25(28(20)37-19-32(2,3)4)15-21(16-26(29)34)38-30(27-18-41(40-39-27)33(5)12-13-33)23-9-8-10-24-22(23)11-14-35-31(24)42-6/h1,8-11,14-18,30,38-40H,12-13,19H2,2-6H3,(H,36,37)/t30-/m0/s1. The third kappa shape index (κ3) is 5.26. The first-order valence-corrected chi connectivity index (χ1v) is 14.5. The number of hydrogen-bond acceptors (Lipinski definition) is 8. The van der Waals surface area contributed by atoms with E-state index in [9.17, 15) is 0 Å². The van der Waals surface area contributed by atoms with Gasteiger partial charge in [-0.2, -0.15) is 0 Å². The number of methoxy groups -OCH3 is 1. The maximum absolute atomic E-state index is 6.88. The molecule has 2 aromatic carbocycles. The van der Waals surface area contributed by atoms with Crippen molar-refractivity contribution in [1.82, 2.24) is 25.9 Å². The third-order valence-corrected chi connectivity index (χ3v) is 8.24. The monoisotopic (exact) mass is 581 g/mol. The van der Waals surface area contributed by atoms with Crippen molar-refractivity contribution in [1.29, 1.82) is 0 Å². The molecule has 4 aromatic rings. The number of benzene rings is 2. The number of fused-ring (bicyclic) bond motifs is 2. The van der Waals surface area contributed by atoms with Gasteiger partial charge in [0.15, 0.2) is 0 Å². The van der Waals surface area contributed by atoms with Gasteiger partial charge in [-0.3, -0.25) is 9.99 Å². The number of pyridine rings is 2. The molecule has 0 spiro atoms. The van der Waals surface area contributed by atoms with Gasteiger partial charge in [-0.1, -0.05) is 50.4 Å². The Morgan fingerprint density at radius 1 is 1.17 bits per heavy atom. The number of halogens is 1. The zero-order valence-corrected chi connectivity index (χ0v) is 25.4. The zero-order valence-electron chi connectivity index (χ0n) is 24.6. The molecule has 0 radical (unpaired) electrons. The number of anilines is 2. The average molecular weight is 582 g/mol. The number of nitrogens with one attached hydrogen (secondary N) is 4. The van der Waals surface area contributed by atoms with Crippen molar-refractivity contribution in [2.75, 3.05) is 24.3 Å². The van der Waals surface area contributed by atoms with Gasteiger partial charge in [0.1, 0.15) is 0 Å². The second-order valence-corrected chi connectivity index (χ2v) is 12.9. The van der Waals surface area contributed by atoms with E-state index in [1.165, 1.54) is 0 Å². The molecule has 8 nitrogen and oxygen atoms in total. The van der Waals surface area contributed by atoms with Crippen molar-refractivity contribution >= 4 is 44.7 Å². The first kappa shape index (κ1) is 28.0. The molecule has 216 valence electrons. The summed E-state index contributed by atoms with van der Waals surface area (Å²) < 4.78 is 5.59. The Morgan fingerprint density at radius 2 is 1.98 bits per heavy atom. The van der Waals surface area contributed by atoms with Crippen LogP contribution >= 0.6 is 11.6 Å². The minimum atomic E-state index is -0.260. The molecule has 1 aliphatic carbocycles. The van der Waals surface area contributed by atoms with E-state index in [4.69, 9.17) is 22.8 Å². The quantitative estimate of drug-likeness (QED) is 0.170. The number of hydrazine groups is 2. The molecule has 3 heterocycles. The Bertz CT molecular complexity index is 1750. The lowest BCUT2D eigenvalue weighted by Crippen LogP contribution is -2.43. The van der Waals surface area contributed by atoms with Crippen LogP contribution in [0, 0.1) is 17.8 Å².